The fourth-order valence-corrected chi connectivity index (χ4v) is 3.61. The number of amides is 1. The second kappa shape index (κ2) is 5.60. The van der Waals surface area contributed by atoms with Gasteiger partial charge >= 0.3 is 0 Å². The van der Waals surface area contributed by atoms with Crippen molar-refractivity contribution >= 4 is 5.91 Å². The molecule has 1 atom stereocenters. The highest BCUT2D eigenvalue weighted by Crippen LogP contribution is 2.42. The van der Waals surface area contributed by atoms with Crippen molar-refractivity contribution in [3.8, 4) is 0 Å². The van der Waals surface area contributed by atoms with Crippen molar-refractivity contribution in [3.63, 3.8) is 0 Å². The van der Waals surface area contributed by atoms with Crippen LogP contribution in [-0.4, -0.2) is 36.0 Å². The normalized spacial score (nSPS) is 27.4. The van der Waals surface area contributed by atoms with Crippen molar-refractivity contribution in [2.75, 3.05) is 13.1 Å². The van der Waals surface area contributed by atoms with E-state index in [1.54, 1.807) is 0 Å². The average Bonchev–Trinajstić information content (AvgIpc) is 2.91. The predicted molar refractivity (Wildman–Crippen MR) is 74.4 cm³/mol. The molecule has 2 aliphatic rings. The minimum Gasteiger partial charge on any atom is -0.341 e. The summed E-state index contributed by atoms with van der Waals surface area (Å²) in [6.07, 6.45) is 7.54. The highest BCUT2D eigenvalue weighted by molar-refractivity contribution is 5.84. The average molecular weight is 252 g/mol. The fraction of sp³-hybridized carbons (Fsp3) is 0.933. The zero-order valence-corrected chi connectivity index (χ0v) is 12.2. The summed E-state index contributed by atoms with van der Waals surface area (Å²) < 4.78 is 0. The van der Waals surface area contributed by atoms with Crippen molar-refractivity contribution in [2.24, 2.45) is 5.41 Å². The SMILES string of the molecule is CCC1(CN2CCC(NC(C)C)C2=O)CCCC1. The summed E-state index contributed by atoms with van der Waals surface area (Å²) in [4.78, 5) is 14.5. The summed E-state index contributed by atoms with van der Waals surface area (Å²) in [5.74, 6) is 0.337. The molecule has 0 aromatic heterocycles. The Bertz CT molecular complexity index is 295. The summed E-state index contributed by atoms with van der Waals surface area (Å²) >= 11 is 0. The van der Waals surface area contributed by atoms with Crippen LogP contribution < -0.4 is 5.32 Å². The maximum absolute atomic E-state index is 12.4. The van der Waals surface area contributed by atoms with Gasteiger partial charge in [0.25, 0.3) is 0 Å². The summed E-state index contributed by atoms with van der Waals surface area (Å²) in [5.41, 5.74) is 0.433. The molecule has 1 aliphatic carbocycles. The lowest BCUT2D eigenvalue weighted by Crippen LogP contribution is -2.44. The van der Waals surface area contributed by atoms with Crippen LogP contribution in [0.15, 0.2) is 0 Å². The van der Waals surface area contributed by atoms with Crippen LogP contribution in [0.5, 0.6) is 0 Å². The zero-order valence-electron chi connectivity index (χ0n) is 12.2. The Labute approximate surface area is 111 Å². The van der Waals surface area contributed by atoms with E-state index in [1.165, 1.54) is 32.1 Å². The van der Waals surface area contributed by atoms with E-state index in [-0.39, 0.29) is 6.04 Å². The van der Waals surface area contributed by atoms with Crippen LogP contribution in [0.4, 0.5) is 0 Å². The molecule has 1 saturated heterocycles. The lowest BCUT2D eigenvalue weighted by atomic mass is 9.83. The molecule has 1 heterocycles. The van der Waals surface area contributed by atoms with Gasteiger partial charge in [0.15, 0.2) is 0 Å². The maximum Gasteiger partial charge on any atom is 0.239 e. The second-order valence-corrected chi connectivity index (χ2v) is 6.48. The van der Waals surface area contributed by atoms with Crippen LogP contribution in [0.1, 0.15) is 59.3 Å². The number of rotatable bonds is 5. The van der Waals surface area contributed by atoms with Crippen LogP contribution >= 0.6 is 0 Å². The van der Waals surface area contributed by atoms with E-state index in [9.17, 15) is 4.79 Å². The molecule has 0 aromatic rings. The van der Waals surface area contributed by atoms with Crippen LogP contribution in [0.3, 0.4) is 0 Å². The van der Waals surface area contributed by atoms with Crippen molar-refractivity contribution < 1.29 is 4.79 Å². The molecular formula is C15H28N2O. The quantitative estimate of drug-likeness (QED) is 0.815. The number of nitrogens with one attached hydrogen (secondary N) is 1. The third kappa shape index (κ3) is 2.87. The number of hydrogen-bond acceptors (Lipinski definition) is 2. The highest BCUT2D eigenvalue weighted by Gasteiger charge is 2.39. The maximum atomic E-state index is 12.4. The first-order valence-corrected chi connectivity index (χ1v) is 7.61. The van der Waals surface area contributed by atoms with Gasteiger partial charge in [0, 0.05) is 19.1 Å². The fourth-order valence-electron chi connectivity index (χ4n) is 3.61. The first kappa shape index (κ1) is 13.9. The van der Waals surface area contributed by atoms with E-state index in [1.807, 2.05) is 0 Å². The lowest BCUT2D eigenvalue weighted by molar-refractivity contribution is -0.131. The molecule has 1 aliphatic heterocycles. The largest absolute Gasteiger partial charge is 0.341 e. The van der Waals surface area contributed by atoms with Crippen molar-refractivity contribution in [1.29, 1.82) is 0 Å². The summed E-state index contributed by atoms with van der Waals surface area (Å²) in [7, 11) is 0. The predicted octanol–water partition coefficient (Wildman–Crippen LogP) is 2.56. The lowest BCUT2D eigenvalue weighted by Gasteiger charge is -2.32. The number of hydrogen-bond donors (Lipinski definition) is 1. The van der Waals surface area contributed by atoms with Gasteiger partial charge < -0.3 is 10.2 Å². The van der Waals surface area contributed by atoms with E-state index in [2.05, 4.69) is 31.0 Å². The molecule has 104 valence electrons. The molecular weight excluding hydrogens is 224 g/mol. The Kier molecular flexibility index (Phi) is 4.31. The molecule has 1 N–H and O–H groups in total. The number of nitrogens with zero attached hydrogens (tertiary/aromatic N) is 1. The molecule has 1 saturated carbocycles. The van der Waals surface area contributed by atoms with Crippen molar-refractivity contribution in [3.05, 3.63) is 0 Å². The highest BCUT2D eigenvalue weighted by atomic mass is 16.2. The molecule has 3 nitrogen and oxygen atoms in total. The number of carbonyl (C=O) groups is 1. The van der Waals surface area contributed by atoms with E-state index < -0.39 is 0 Å². The minimum atomic E-state index is 0.0697. The summed E-state index contributed by atoms with van der Waals surface area (Å²) in [5, 5.41) is 3.39. The Hall–Kier alpha value is -0.570. The van der Waals surface area contributed by atoms with E-state index >= 15 is 0 Å². The van der Waals surface area contributed by atoms with E-state index in [4.69, 9.17) is 0 Å². The van der Waals surface area contributed by atoms with Gasteiger partial charge in [-0.2, -0.15) is 0 Å². The second-order valence-electron chi connectivity index (χ2n) is 6.48. The third-order valence-electron chi connectivity index (χ3n) is 4.77. The summed E-state index contributed by atoms with van der Waals surface area (Å²) in [6, 6.07) is 0.464. The van der Waals surface area contributed by atoms with E-state index in [0.717, 1.165) is 19.5 Å². The smallest absolute Gasteiger partial charge is 0.239 e. The van der Waals surface area contributed by atoms with Crippen molar-refractivity contribution in [1.82, 2.24) is 10.2 Å². The third-order valence-corrected chi connectivity index (χ3v) is 4.77. The van der Waals surface area contributed by atoms with Gasteiger partial charge in [-0.25, -0.2) is 0 Å². The van der Waals surface area contributed by atoms with Gasteiger partial charge in [0.2, 0.25) is 5.91 Å². The molecule has 18 heavy (non-hydrogen) atoms. The molecule has 0 spiro atoms. The Balaban J connectivity index is 1.93. The Morgan fingerprint density at radius 3 is 2.61 bits per heavy atom. The van der Waals surface area contributed by atoms with Gasteiger partial charge in [-0.05, 0) is 31.1 Å². The van der Waals surface area contributed by atoms with Crippen LogP contribution in [0.2, 0.25) is 0 Å². The molecule has 1 amide bonds. The molecule has 2 fully saturated rings. The van der Waals surface area contributed by atoms with Gasteiger partial charge in [-0.3, -0.25) is 4.79 Å². The Morgan fingerprint density at radius 2 is 2.06 bits per heavy atom. The van der Waals surface area contributed by atoms with E-state index in [0.29, 0.717) is 17.4 Å². The standard InChI is InChI=1S/C15H28N2O/c1-4-15(8-5-6-9-15)11-17-10-7-13(14(17)18)16-12(2)3/h12-13,16H,4-11H2,1-3H3. The molecule has 1 unspecified atom stereocenters. The first-order chi connectivity index (χ1) is 8.56. The number of likely N-dealkylation sites (tertiary alicyclic amines) is 1. The molecule has 3 heteroatoms. The molecule has 0 aromatic carbocycles. The first-order valence-electron chi connectivity index (χ1n) is 7.61. The summed E-state index contributed by atoms with van der Waals surface area (Å²) in [6.45, 7) is 8.46. The van der Waals surface area contributed by atoms with Gasteiger partial charge in [-0.15, -0.1) is 0 Å². The van der Waals surface area contributed by atoms with Gasteiger partial charge in [0.05, 0.1) is 6.04 Å². The van der Waals surface area contributed by atoms with Crippen LogP contribution in [0.25, 0.3) is 0 Å². The van der Waals surface area contributed by atoms with Crippen LogP contribution in [0, 0.1) is 5.41 Å². The Morgan fingerprint density at radius 1 is 1.39 bits per heavy atom. The molecule has 2 rings (SSSR count). The topological polar surface area (TPSA) is 32.3 Å². The van der Waals surface area contributed by atoms with Crippen molar-refractivity contribution in [2.45, 2.75) is 71.4 Å². The minimum absolute atomic E-state index is 0.0697. The monoisotopic (exact) mass is 252 g/mol. The van der Waals surface area contributed by atoms with Gasteiger partial charge in [-0.1, -0.05) is 33.6 Å². The zero-order chi connectivity index (χ0) is 13.2. The number of carbonyl (C=O) groups excluding carboxylic acids is 1. The molecule has 0 bridgehead atoms. The molecule has 0 radical (unpaired) electrons. The van der Waals surface area contributed by atoms with Crippen LogP contribution in [-0.2, 0) is 4.79 Å². The van der Waals surface area contributed by atoms with Gasteiger partial charge in [0.1, 0.15) is 0 Å².